The summed E-state index contributed by atoms with van der Waals surface area (Å²) >= 11 is 3.46. The molecule has 2 aromatic carbocycles. The van der Waals surface area contributed by atoms with Gasteiger partial charge in [-0.15, -0.1) is 0 Å². The van der Waals surface area contributed by atoms with E-state index in [0.717, 1.165) is 10.0 Å². The number of para-hydroxylation sites is 1. The molecule has 1 heterocycles. The van der Waals surface area contributed by atoms with Gasteiger partial charge in [-0.1, -0.05) is 46.3 Å². The van der Waals surface area contributed by atoms with Gasteiger partial charge in [0.15, 0.2) is 6.61 Å². The van der Waals surface area contributed by atoms with Crippen molar-refractivity contribution >= 4 is 38.7 Å². The lowest BCUT2D eigenvalue weighted by Gasteiger charge is -2.20. The maximum atomic E-state index is 12.7. The summed E-state index contributed by atoms with van der Waals surface area (Å²) in [6.07, 6.45) is 0. The number of rotatable bonds is 4. The van der Waals surface area contributed by atoms with E-state index >= 15 is 0 Å². The third kappa shape index (κ3) is 4.95. The van der Waals surface area contributed by atoms with Crippen LogP contribution < -0.4 is 5.32 Å². The van der Waals surface area contributed by atoms with Crippen LogP contribution in [0.3, 0.4) is 0 Å². The van der Waals surface area contributed by atoms with E-state index in [2.05, 4.69) is 26.2 Å². The van der Waals surface area contributed by atoms with Gasteiger partial charge in [-0.2, -0.15) is 0 Å². The topological polar surface area (TPSA) is 68.3 Å². The SMILES string of the molecule is CC(C)(C)NC(=O)COC(=O)c1cc(-c2cccc(Br)c2)nc2ccccc12. The Morgan fingerprint density at radius 3 is 2.54 bits per heavy atom. The smallest absolute Gasteiger partial charge is 0.339 e. The van der Waals surface area contributed by atoms with Crippen molar-refractivity contribution in [2.75, 3.05) is 6.61 Å². The standard InChI is InChI=1S/C22H21BrN2O3/c1-22(2,3)25-20(26)13-28-21(27)17-12-19(14-7-6-8-15(23)11-14)24-18-10-5-4-9-16(17)18/h4-12H,13H2,1-3H3,(H,25,26). The maximum Gasteiger partial charge on any atom is 0.339 e. The Kier molecular flexibility index (Phi) is 5.79. The molecule has 0 aliphatic heterocycles. The largest absolute Gasteiger partial charge is 0.452 e. The number of hydrogen-bond acceptors (Lipinski definition) is 4. The summed E-state index contributed by atoms with van der Waals surface area (Å²) in [4.78, 5) is 29.4. The second-order valence-electron chi connectivity index (χ2n) is 7.46. The summed E-state index contributed by atoms with van der Waals surface area (Å²) in [5.41, 5.74) is 2.21. The second-order valence-corrected chi connectivity index (χ2v) is 8.37. The van der Waals surface area contributed by atoms with Crippen LogP contribution in [-0.2, 0) is 9.53 Å². The van der Waals surface area contributed by atoms with Crippen molar-refractivity contribution in [3.63, 3.8) is 0 Å². The van der Waals surface area contributed by atoms with Gasteiger partial charge in [-0.25, -0.2) is 9.78 Å². The molecule has 6 heteroatoms. The third-order valence-corrected chi connectivity index (χ3v) is 4.40. The van der Waals surface area contributed by atoms with Gasteiger partial charge in [0, 0.05) is 21.0 Å². The van der Waals surface area contributed by atoms with Gasteiger partial charge in [-0.05, 0) is 45.0 Å². The summed E-state index contributed by atoms with van der Waals surface area (Å²) in [5, 5.41) is 3.46. The van der Waals surface area contributed by atoms with Gasteiger partial charge in [0.2, 0.25) is 0 Å². The number of pyridine rings is 1. The molecule has 0 bridgehead atoms. The fraction of sp³-hybridized carbons (Fsp3) is 0.227. The Morgan fingerprint density at radius 2 is 1.82 bits per heavy atom. The van der Waals surface area contributed by atoms with E-state index in [9.17, 15) is 9.59 Å². The van der Waals surface area contributed by atoms with Crippen molar-refractivity contribution in [3.8, 4) is 11.3 Å². The van der Waals surface area contributed by atoms with Crippen molar-refractivity contribution in [3.05, 3.63) is 64.6 Å². The highest BCUT2D eigenvalue weighted by Gasteiger charge is 2.18. The van der Waals surface area contributed by atoms with Gasteiger partial charge in [0.25, 0.3) is 5.91 Å². The Hall–Kier alpha value is -2.73. The summed E-state index contributed by atoms with van der Waals surface area (Å²) in [5.74, 6) is -0.898. The molecule has 0 atom stereocenters. The van der Waals surface area contributed by atoms with E-state index < -0.39 is 5.97 Å². The zero-order valence-corrected chi connectivity index (χ0v) is 17.5. The van der Waals surface area contributed by atoms with E-state index in [-0.39, 0.29) is 18.1 Å². The zero-order valence-electron chi connectivity index (χ0n) is 16.0. The van der Waals surface area contributed by atoms with Crippen LogP contribution in [0.25, 0.3) is 22.2 Å². The highest BCUT2D eigenvalue weighted by molar-refractivity contribution is 9.10. The number of halogens is 1. The number of fused-ring (bicyclic) bond motifs is 1. The van der Waals surface area contributed by atoms with Crippen LogP contribution in [0, 0.1) is 0 Å². The second kappa shape index (κ2) is 8.10. The zero-order chi connectivity index (χ0) is 20.3. The molecular weight excluding hydrogens is 420 g/mol. The average molecular weight is 441 g/mol. The monoisotopic (exact) mass is 440 g/mol. The first-order valence-electron chi connectivity index (χ1n) is 8.87. The molecule has 0 unspecified atom stereocenters. The number of carbonyl (C=O) groups excluding carboxylic acids is 2. The number of hydrogen-bond donors (Lipinski definition) is 1. The molecule has 0 saturated heterocycles. The maximum absolute atomic E-state index is 12.7. The Balaban J connectivity index is 1.93. The Morgan fingerprint density at radius 1 is 1.07 bits per heavy atom. The van der Waals surface area contributed by atoms with Crippen LogP contribution in [0.15, 0.2) is 59.1 Å². The van der Waals surface area contributed by atoms with Gasteiger partial charge in [0.05, 0.1) is 16.8 Å². The van der Waals surface area contributed by atoms with Crippen LogP contribution in [0.5, 0.6) is 0 Å². The minimum atomic E-state index is -0.557. The number of nitrogens with zero attached hydrogens (tertiary/aromatic N) is 1. The van der Waals surface area contributed by atoms with Crippen LogP contribution in [0.2, 0.25) is 0 Å². The Bertz CT molecular complexity index is 1040. The van der Waals surface area contributed by atoms with Gasteiger partial charge < -0.3 is 10.1 Å². The first kappa shape index (κ1) is 20.0. The molecule has 0 radical (unpaired) electrons. The molecule has 0 aliphatic carbocycles. The molecule has 0 aliphatic rings. The average Bonchev–Trinajstić information content (AvgIpc) is 2.64. The summed E-state index contributed by atoms with van der Waals surface area (Å²) in [7, 11) is 0. The normalized spacial score (nSPS) is 11.3. The highest BCUT2D eigenvalue weighted by Crippen LogP contribution is 2.27. The molecule has 0 saturated carbocycles. The predicted octanol–water partition coefficient (Wildman–Crippen LogP) is 4.74. The minimum absolute atomic E-state index is 0.334. The molecule has 1 amide bonds. The van der Waals surface area contributed by atoms with E-state index in [4.69, 9.17) is 4.74 Å². The lowest BCUT2D eigenvalue weighted by atomic mass is 10.0. The number of aromatic nitrogens is 1. The molecule has 3 rings (SSSR count). The van der Waals surface area contributed by atoms with Crippen LogP contribution in [0.4, 0.5) is 0 Å². The molecule has 3 aromatic rings. The van der Waals surface area contributed by atoms with Crippen molar-refractivity contribution in [2.24, 2.45) is 0 Å². The fourth-order valence-electron chi connectivity index (χ4n) is 2.80. The van der Waals surface area contributed by atoms with Crippen LogP contribution in [-0.4, -0.2) is 29.0 Å². The Labute approximate surface area is 172 Å². The van der Waals surface area contributed by atoms with Crippen LogP contribution >= 0.6 is 15.9 Å². The first-order chi connectivity index (χ1) is 13.2. The van der Waals surface area contributed by atoms with E-state index in [1.807, 2.05) is 69.3 Å². The lowest BCUT2D eigenvalue weighted by Crippen LogP contribution is -2.42. The molecule has 0 spiro atoms. The first-order valence-corrected chi connectivity index (χ1v) is 9.66. The lowest BCUT2D eigenvalue weighted by molar-refractivity contribution is -0.125. The van der Waals surface area contributed by atoms with Crippen molar-refractivity contribution in [1.82, 2.24) is 10.3 Å². The van der Waals surface area contributed by atoms with Crippen molar-refractivity contribution < 1.29 is 14.3 Å². The quantitative estimate of drug-likeness (QED) is 0.595. The molecule has 144 valence electrons. The molecule has 1 aromatic heterocycles. The van der Waals surface area contributed by atoms with Gasteiger partial charge in [-0.3, -0.25) is 4.79 Å². The highest BCUT2D eigenvalue weighted by atomic mass is 79.9. The number of esters is 1. The molecule has 0 fully saturated rings. The molecular formula is C22H21BrN2O3. The number of carbonyl (C=O) groups is 2. The van der Waals surface area contributed by atoms with Crippen molar-refractivity contribution in [1.29, 1.82) is 0 Å². The third-order valence-electron chi connectivity index (χ3n) is 3.91. The number of amides is 1. The number of ether oxygens (including phenoxy) is 1. The predicted molar refractivity (Wildman–Crippen MR) is 113 cm³/mol. The summed E-state index contributed by atoms with van der Waals surface area (Å²) < 4.78 is 6.19. The van der Waals surface area contributed by atoms with E-state index in [1.165, 1.54) is 0 Å². The van der Waals surface area contributed by atoms with Gasteiger partial charge >= 0.3 is 5.97 Å². The number of benzene rings is 2. The van der Waals surface area contributed by atoms with Crippen LogP contribution in [0.1, 0.15) is 31.1 Å². The number of nitrogens with one attached hydrogen (secondary N) is 1. The van der Waals surface area contributed by atoms with Gasteiger partial charge in [0.1, 0.15) is 0 Å². The summed E-state index contributed by atoms with van der Waals surface area (Å²) in [6, 6.07) is 16.8. The molecule has 1 N–H and O–H groups in total. The van der Waals surface area contributed by atoms with E-state index in [1.54, 1.807) is 6.07 Å². The van der Waals surface area contributed by atoms with Crippen molar-refractivity contribution in [2.45, 2.75) is 26.3 Å². The summed E-state index contributed by atoms with van der Waals surface area (Å²) in [6.45, 7) is 5.27. The minimum Gasteiger partial charge on any atom is -0.452 e. The molecule has 28 heavy (non-hydrogen) atoms. The fourth-order valence-corrected chi connectivity index (χ4v) is 3.20. The van der Waals surface area contributed by atoms with E-state index in [0.29, 0.717) is 22.2 Å². The molecule has 5 nitrogen and oxygen atoms in total.